The number of hydrogen-bond donors (Lipinski definition) is 0. The number of aromatic nitrogens is 2. The van der Waals surface area contributed by atoms with Crippen LogP contribution in [0.5, 0.6) is 5.88 Å². The molecule has 0 spiro atoms. The number of rotatable bonds is 2. The van der Waals surface area contributed by atoms with E-state index >= 15 is 0 Å². The lowest BCUT2D eigenvalue weighted by Gasteiger charge is -2.14. The van der Waals surface area contributed by atoms with Crippen molar-refractivity contribution in [3.8, 4) is 5.88 Å². The van der Waals surface area contributed by atoms with Crippen molar-refractivity contribution >= 4 is 11.6 Å². The molecule has 1 heterocycles. The van der Waals surface area contributed by atoms with E-state index in [1.807, 2.05) is 0 Å². The molecule has 0 amide bonds. The minimum atomic E-state index is -0.289. The summed E-state index contributed by atoms with van der Waals surface area (Å²) >= 11 is 5.60. The van der Waals surface area contributed by atoms with E-state index in [1.165, 1.54) is 23.6 Å². The Balaban J connectivity index is 2.20. The molecule has 0 saturated heterocycles. The Morgan fingerprint density at radius 1 is 1.53 bits per heavy atom. The highest BCUT2D eigenvalue weighted by Crippen LogP contribution is 2.22. The molecule has 0 bridgehead atoms. The van der Waals surface area contributed by atoms with E-state index in [4.69, 9.17) is 16.3 Å². The van der Waals surface area contributed by atoms with Crippen molar-refractivity contribution in [1.82, 2.24) is 9.78 Å². The van der Waals surface area contributed by atoms with Gasteiger partial charge in [0.25, 0.3) is 0 Å². The summed E-state index contributed by atoms with van der Waals surface area (Å²) in [6, 6.07) is 1.40. The number of ether oxygens (including phenoxy) is 1. The van der Waals surface area contributed by atoms with E-state index in [1.54, 1.807) is 7.05 Å². The van der Waals surface area contributed by atoms with Gasteiger partial charge in [0.2, 0.25) is 11.3 Å². The Kier molecular flexibility index (Phi) is 2.95. The first-order valence-electron chi connectivity index (χ1n) is 5.07. The summed E-state index contributed by atoms with van der Waals surface area (Å²) in [5.74, 6) is 0.497. The Morgan fingerprint density at radius 2 is 2.20 bits per heavy atom. The Morgan fingerprint density at radius 3 is 2.87 bits per heavy atom. The SMILES string of the molecule is Cn1nc(Cl)c(=O)cc1OC1CCCC1. The first-order valence-corrected chi connectivity index (χ1v) is 5.45. The number of hydrogen-bond acceptors (Lipinski definition) is 3. The van der Waals surface area contributed by atoms with Gasteiger partial charge in [-0.1, -0.05) is 11.6 Å². The molecule has 0 N–H and O–H groups in total. The maximum absolute atomic E-state index is 11.3. The van der Waals surface area contributed by atoms with Crippen molar-refractivity contribution < 1.29 is 4.74 Å². The smallest absolute Gasteiger partial charge is 0.222 e. The van der Waals surface area contributed by atoms with Crippen molar-refractivity contribution in [1.29, 1.82) is 0 Å². The quantitative estimate of drug-likeness (QED) is 0.775. The number of aryl methyl sites for hydroxylation is 1. The molecule has 1 fully saturated rings. The van der Waals surface area contributed by atoms with Crippen molar-refractivity contribution in [2.75, 3.05) is 0 Å². The van der Waals surface area contributed by atoms with Crippen LogP contribution in [-0.2, 0) is 7.05 Å². The lowest BCUT2D eigenvalue weighted by Crippen LogP contribution is -2.18. The molecule has 2 rings (SSSR count). The highest BCUT2D eigenvalue weighted by Gasteiger charge is 2.18. The molecule has 4 nitrogen and oxygen atoms in total. The van der Waals surface area contributed by atoms with Crippen molar-refractivity contribution in [3.05, 3.63) is 21.4 Å². The molecular weight excluding hydrogens is 216 g/mol. The van der Waals surface area contributed by atoms with Gasteiger partial charge in [-0.3, -0.25) is 4.79 Å². The average Bonchev–Trinajstić information content (AvgIpc) is 2.67. The van der Waals surface area contributed by atoms with Gasteiger partial charge in [-0.2, -0.15) is 5.10 Å². The average molecular weight is 229 g/mol. The summed E-state index contributed by atoms with van der Waals surface area (Å²) in [7, 11) is 1.72. The molecule has 1 saturated carbocycles. The number of nitrogens with zero attached hydrogens (tertiary/aromatic N) is 2. The van der Waals surface area contributed by atoms with Crippen LogP contribution in [0.1, 0.15) is 25.7 Å². The fourth-order valence-electron chi connectivity index (χ4n) is 1.78. The summed E-state index contributed by atoms with van der Waals surface area (Å²) in [6.07, 6.45) is 4.71. The normalized spacial score (nSPS) is 16.9. The highest BCUT2D eigenvalue weighted by atomic mass is 35.5. The molecule has 0 aliphatic heterocycles. The topological polar surface area (TPSA) is 44.1 Å². The maximum atomic E-state index is 11.3. The Hall–Kier alpha value is -1.03. The summed E-state index contributed by atoms with van der Waals surface area (Å²) < 4.78 is 7.19. The third kappa shape index (κ3) is 2.31. The van der Waals surface area contributed by atoms with Gasteiger partial charge in [0, 0.05) is 7.05 Å². The van der Waals surface area contributed by atoms with Gasteiger partial charge in [-0.05, 0) is 25.7 Å². The molecule has 1 aliphatic rings. The molecular formula is C10H13ClN2O2. The van der Waals surface area contributed by atoms with Gasteiger partial charge in [0.1, 0.15) is 6.10 Å². The predicted molar refractivity (Wildman–Crippen MR) is 57.4 cm³/mol. The predicted octanol–water partition coefficient (Wildman–Crippen LogP) is 1.76. The molecule has 0 radical (unpaired) electrons. The number of halogens is 1. The van der Waals surface area contributed by atoms with Gasteiger partial charge in [-0.15, -0.1) is 0 Å². The fourth-order valence-corrected chi connectivity index (χ4v) is 1.95. The fraction of sp³-hybridized carbons (Fsp3) is 0.600. The van der Waals surface area contributed by atoms with Crippen LogP contribution in [-0.4, -0.2) is 15.9 Å². The van der Waals surface area contributed by atoms with Crippen molar-refractivity contribution in [3.63, 3.8) is 0 Å². The monoisotopic (exact) mass is 228 g/mol. The highest BCUT2D eigenvalue weighted by molar-refractivity contribution is 6.29. The molecule has 0 atom stereocenters. The van der Waals surface area contributed by atoms with Crippen LogP contribution in [0.3, 0.4) is 0 Å². The molecule has 1 aromatic rings. The van der Waals surface area contributed by atoms with Crippen LogP contribution in [0.15, 0.2) is 10.9 Å². The van der Waals surface area contributed by atoms with E-state index in [0.29, 0.717) is 5.88 Å². The summed E-state index contributed by atoms with van der Waals surface area (Å²) in [6.45, 7) is 0. The maximum Gasteiger partial charge on any atom is 0.222 e. The van der Waals surface area contributed by atoms with Gasteiger partial charge in [0.15, 0.2) is 5.15 Å². The van der Waals surface area contributed by atoms with E-state index in [9.17, 15) is 4.79 Å². The van der Waals surface area contributed by atoms with Crippen LogP contribution in [0.4, 0.5) is 0 Å². The van der Waals surface area contributed by atoms with E-state index in [2.05, 4.69) is 5.10 Å². The van der Waals surface area contributed by atoms with Gasteiger partial charge >= 0.3 is 0 Å². The van der Waals surface area contributed by atoms with Crippen LogP contribution < -0.4 is 10.2 Å². The van der Waals surface area contributed by atoms with Gasteiger partial charge in [-0.25, -0.2) is 4.68 Å². The third-order valence-corrected chi connectivity index (χ3v) is 2.87. The zero-order chi connectivity index (χ0) is 10.8. The van der Waals surface area contributed by atoms with Gasteiger partial charge < -0.3 is 4.74 Å². The second-order valence-corrected chi connectivity index (χ2v) is 4.14. The second kappa shape index (κ2) is 4.23. The van der Waals surface area contributed by atoms with Crippen LogP contribution >= 0.6 is 11.6 Å². The van der Waals surface area contributed by atoms with E-state index in [0.717, 1.165) is 12.8 Å². The molecule has 15 heavy (non-hydrogen) atoms. The second-order valence-electron chi connectivity index (χ2n) is 3.79. The Labute approximate surface area is 92.8 Å². The Bertz CT molecular complexity index is 410. The summed E-state index contributed by atoms with van der Waals surface area (Å²) in [5, 5.41) is 3.84. The molecule has 0 aromatic carbocycles. The molecule has 1 aromatic heterocycles. The summed E-state index contributed by atoms with van der Waals surface area (Å²) in [5.41, 5.74) is -0.289. The van der Waals surface area contributed by atoms with E-state index < -0.39 is 0 Å². The zero-order valence-corrected chi connectivity index (χ0v) is 9.33. The van der Waals surface area contributed by atoms with Crippen LogP contribution in [0, 0.1) is 0 Å². The minimum absolute atomic E-state index is 0.0173. The van der Waals surface area contributed by atoms with Gasteiger partial charge in [0.05, 0.1) is 6.07 Å². The first kappa shape index (κ1) is 10.5. The molecule has 0 unspecified atom stereocenters. The molecule has 82 valence electrons. The lowest BCUT2D eigenvalue weighted by molar-refractivity contribution is 0.189. The van der Waals surface area contributed by atoms with Crippen molar-refractivity contribution in [2.24, 2.45) is 7.05 Å². The zero-order valence-electron chi connectivity index (χ0n) is 8.57. The lowest BCUT2D eigenvalue weighted by atomic mass is 10.3. The van der Waals surface area contributed by atoms with Crippen LogP contribution in [0.25, 0.3) is 0 Å². The summed E-state index contributed by atoms with van der Waals surface area (Å²) in [4.78, 5) is 11.3. The molecule has 5 heteroatoms. The largest absolute Gasteiger partial charge is 0.474 e. The third-order valence-electron chi connectivity index (χ3n) is 2.60. The minimum Gasteiger partial charge on any atom is -0.474 e. The van der Waals surface area contributed by atoms with Crippen molar-refractivity contribution in [2.45, 2.75) is 31.8 Å². The first-order chi connectivity index (χ1) is 7.16. The van der Waals surface area contributed by atoms with Crippen LogP contribution in [0.2, 0.25) is 5.15 Å². The standard InChI is InChI=1S/C10H13ClN2O2/c1-13-9(6-8(14)10(11)12-13)15-7-4-2-3-5-7/h6-7H,2-5H2,1H3. The molecule has 1 aliphatic carbocycles. The van der Waals surface area contributed by atoms with E-state index in [-0.39, 0.29) is 16.7 Å².